The van der Waals surface area contributed by atoms with Gasteiger partial charge in [-0.15, -0.1) is 0 Å². The van der Waals surface area contributed by atoms with Crippen molar-refractivity contribution in [2.24, 2.45) is 7.05 Å². The summed E-state index contributed by atoms with van der Waals surface area (Å²) in [5.41, 5.74) is 1.70. The molecule has 1 atom stereocenters. The molecule has 0 fully saturated rings. The van der Waals surface area contributed by atoms with Crippen LogP contribution in [0.2, 0.25) is 0 Å². The van der Waals surface area contributed by atoms with Gasteiger partial charge < -0.3 is 19.5 Å². The molecule has 29 heavy (non-hydrogen) atoms. The Morgan fingerprint density at radius 3 is 2.93 bits per heavy atom. The van der Waals surface area contributed by atoms with Crippen molar-refractivity contribution in [3.8, 4) is 5.75 Å². The number of ether oxygens (including phenoxy) is 1. The third kappa shape index (κ3) is 3.26. The fraction of sp³-hybridized carbons (Fsp3) is 0.286. The highest BCUT2D eigenvalue weighted by atomic mass is 16.5. The Morgan fingerprint density at radius 2 is 2.17 bits per heavy atom. The zero-order chi connectivity index (χ0) is 20.7. The summed E-state index contributed by atoms with van der Waals surface area (Å²) in [5.74, 6) is 0.859. The molecule has 8 nitrogen and oxygen atoms in total. The van der Waals surface area contributed by atoms with Crippen LogP contribution in [0.15, 0.2) is 39.5 Å². The van der Waals surface area contributed by atoms with Crippen LogP contribution in [0.25, 0.3) is 22.0 Å². The van der Waals surface area contributed by atoms with Gasteiger partial charge in [-0.3, -0.25) is 14.3 Å². The second-order valence-electron chi connectivity index (χ2n) is 6.93. The minimum atomic E-state index is -0.406. The normalized spacial score (nSPS) is 12.4. The van der Waals surface area contributed by atoms with Crippen LogP contribution in [0.4, 0.5) is 0 Å². The van der Waals surface area contributed by atoms with Gasteiger partial charge >= 0.3 is 0 Å². The van der Waals surface area contributed by atoms with Crippen molar-refractivity contribution >= 4 is 27.9 Å². The van der Waals surface area contributed by atoms with Gasteiger partial charge in [0.25, 0.3) is 5.91 Å². The van der Waals surface area contributed by atoms with Gasteiger partial charge in [0.05, 0.1) is 23.7 Å². The van der Waals surface area contributed by atoms with Crippen LogP contribution in [-0.4, -0.2) is 27.3 Å². The number of nitrogens with zero attached hydrogens (tertiary/aromatic N) is 2. The summed E-state index contributed by atoms with van der Waals surface area (Å²) in [4.78, 5) is 28.2. The predicted molar refractivity (Wildman–Crippen MR) is 109 cm³/mol. The van der Waals surface area contributed by atoms with Gasteiger partial charge in [-0.05, 0) is 32.9 Å². The van der Waals surface area contributed by atoms with Gasteiger partial charge in [0.15, 0.2) is 16.8 Å². The van der Waals surface area contributed by atoms with E-state index in [2.05, 4.69) is 15.4 Å². The first kappa shape index (κ1) is 18.8. The van der Waals surface area contributed by atoms with Crippen LogP contribution in [0.5, 0.6) is 5.75 Å². The molecule has 150 valence electrons. The number of para-hydroxylation sites is 1. The first-order chi connectivity index (χ1) is 13.9. The van der Waals surface area contributed by atoms with E-state index in [1.165, 1.54) is 6.07 Å². The molecule has 0 saturated heterocycles. The van der Waals surface area contributed by atoms with Crippen LogP contribution < -0.4 is 15.5 Å². The maximum Gasteiger partial charge on any atom is 0.268 e. The second kappa shape index (κ2) is 7.12. The quantitative estimate of drug-likeness (QED) is 0.541. The number of benzene rings is 1. The zero-order valence-electron chi connectivity index (χ0n) is 16.7. The Kier molecular flexibility index (Phi) is 4.62. The maximum absolute atomic E-state index is 12.7. The number of hydrogen-bond donors (Lipinski definition) is 2. The number of carbonyl (C=O) groups excluding carboxylic acids is 1. The minimum Gasteiger partial charge on any atom is -0.490 e. The van der Waals surface area contributed by atoms with Crippen molar-refractivity contribution in [2.75, 3.05) is 6.61 Å². The van der Waals surface area contributed by atoms with Crippen molar-refractivity contribution in [2.45, 2.75) is 26.8 Å². The number of pyridine rings is 1. The molecule has 0 saturated carbocycles. The molecule has 4 rings (SSSR count). The number of H-pyrrole nitrogens is 1. The molecule has 2 N–H and O–H groups in total. The Morgan fingerprint density at radius 1 is 1.38 bits per heavy atom. The zero-order valence-corrected chi connectivity index (χ0v) is 16.7. The summed E-state index contributed by atoms with van der Waals surface area (Å²) in [6.45, 7) is 6.02. The standard InChI is InChI=1S/C21H22N4O4/c1-5-28-16-8-6-7-13-9-17(29-19(13)16)11(2)22-21(27)14-10-15(26)18-12(3)24-25(4)20(18)23-14/h6-11H,5H2,1-4H3,(H,22,27)(H,23,26)/t11-/m0/s1. The lowest BCUT2D eigenvalue weighted by molar-refractivity contribution is 0.0931. The number of hydrogen-bond acceptors (Lipinski definition) is 5. The summed E-state index contributed by atoms with van der Waals surface area (Å²) in [7, 11) is 1.72. The molecular weight excluding hydrogens is 372 g/mol. The Labute approximate surface area is 166 Å². The first-order valence-corrected chi connectivity index (χ1v) is 9.41. The molecule has 0 aliphatic heterocycles. The van der Waals surface area contributed by atoms with Crippen molar-refractivity contribution in [3.05, 3.63) is 57.7 Å². The second-order valence-corrected chi connectivity index (χ2v) is 6.93. The number of aryl methyl sites for hydroxylation is 2. The Balaban J connectivity index is 1.62. The average Bonchev–Trinajstić information content (AvgIpc) is 3.24. The largest absolute Gasteiger partial charge is 0.490 e. The van der Waals surface area contributed by atoms with Crippen molar-refractivity contribution in [3.63, 3.8) is 0 Å². The van der Waals surface area contributed by atoms with E-state index in [1.54, 1.807) is 18.7 Å². The highest BCUT2D eigenvalue weighted by molar-refractivity contribution is 5.95. The number of carbonyl (C=O) groups is 1. The molecule has 0 aliphatic carbocycles. The Bertz CT molecular complexity index is 1280. The van der Waals surface area contributed by atoms with Crippen LogP contribution in [0.3, 0.4) is 0 Å². The highest BCUT2D eigenvalue weighted by Crippen LogP contribution is 2.31. The van der Waals surface area contributed by atoms with E-state index in [1.807, 2.05) is 38.1 Å². The number of amides is 1. The molecular formula is C21H22N4O4. The van der Waals surface area contributed by atoms with E-state index in [4.69, 9.17) is 9.15 Å². The van der Waals surface area contributed by atoms with E-state index in [-0.39, 0.29) is 11.1 Å². The van der Waals surface area contributed by atoms with Gasteiger partial charge in [-0.2, -0.15) is 5.10 Å². The minimum absolute atomic E-state index is 0.170. The van der Waals surface area contributed by atoms with Gasteiger partial charge in [-0.25, -0.2) is 0 Å². The summed E-state index contributed by atoms with van der Waals surface area (Å²) in [6, 6.07) is 8.43. The van der Waals surface area contributed by atoms with Crippen molar-refractivity contribution in [1.29, 1.82) is 0 Å². The van der Waals surface area contributed by atoms with Gasteiger partial charge in [0, 0.05) is 18.5 Å². The molecule has 4 aromatic rings. The van der Waals surface area contributed by atoms with Gasteiger partial charge in [0.1, 0.15) is 17.1 Å². The van der Waals surface area contributed by atoms with Crippen LogP contribution in [0.1, 0.15) is 41.8 Å². The fourth-order valence-corrected chi connectivity index (χ4v) is 3.47. The number of furan rings is 1. The smallest absolute Gasteiger partial charge is 0.268 e. The third-order valence-electron chi connectivity index (χ3n) is 4.84. The topological polar surface area (TPSA) is 102 Å². The lowest BCUT2D eigenvalue weighted by Gasteiger charge is -2.11. The summed E-state index contributed by atoms with van der Waals surface area (Å²) in [6.07, 6.45) is 0. The molecule has 0 bridgehead atoms. The number of aromatic amines is 1. The summed E-state index contributed by atoms with van der Waals surface area (Å²) >= 11 is 0. The fourth-order valence-electron chi connectivity index (χ4n) is 3.47. The number of nitrogens with one attached hydrogen (secondary N) is 2. The number of fused-ring (bicyclic) bond motifs is 2. The first-order valence-electron chi connectivity index (χ1n) is 9.41. The number of rotatable bonds is 5. The van der Waals surface area contributed by atoms with E-state index < -0.39 is 11.9 Å². The van der Waals surface area contributed by atoms with Crippen LogP contribution >= 0.6 is 0 Å². The molecule has 0 aliphatic rings. The summed E-state index contributed by atoms with van der Waals surface area (Å²) < 4.78 is 13.1. The molecule has 0 radical (unpaired) electrons. The van der Waals surface area contributed by atoms with Gasteiger partial charge in [0.2, 0.25) is 0 Å². The monoisotopic (exact) mass is 394 g/mol. The molecule has 3 heterocycles. The lowest BCUT2D eigenvalue weighted by Crippen LogP contribution is -2.28. The lowest BCUT2D eigenvalue weighted by atomic mass is 10.2. The SMILES string of the molecule is CCOc1cccc2cc([C@H](C)NC(=O)c3cc(=O)c4c(C)nn(C)c4[nH]3)oc12. The van der Waals surface area contributed by atoms with Crippen molar-refractivity contribution < 1.29 is 13.9 Å². The van der Waals surface area contributed by atoms with Crippen LogP contribution in [-0.2, 0) is 7.05 Å². The van der Waals surface area contributed by atoms with E-state index >= 15 is 0 Å². The molecule has 8 heteroatoms. The summed E-state index contributed by atoms with van der Waals surface area (Å²) in [5, 5.41) is 8.48. The highest BCUT2D eigenvalue weighted by Gasteiger charge is 2.19. The average molecular weight is 394 g/mol. The van der Waals surface area contributed by atoms with Crippen molar-refractivity contribution in [1.82, 2.24) is 20.1 Å². The molecule has 3 aromatic heterocycles. The van der Waals surface area contributed by atoms with E-state index in [0.29, 0.717) is 40.4 Å². The Hall–Kier alpha value is -3.55. The molecule has 0 unspecified atom stereocenters. The number of aromatic nitrogens is 3. The van der Waals surface area contributed by atoms with Crippen LogP contribution in [0, 0.1) is 6.92 Å². The van der Waals surface area contributed by atoms with E-state index in [0.717, 1.165) is 5.39 Å². The molecule has 1 amide bonds. The van der Waals surface area contributed by atoms with Gasteiger partial charge in [-0.1, -0.05) is 12.1 Å². The maximum atomic E-state index is 12.7. The third-order valence-corrected chi connectivity index (χ3v) is 4.84. The predicted octanol–water partition coefficient (Wildman–Crippen LogP) is 3.21. The van der Waals surface area contributed by atoms with E-state index in [9.17, 15) is 9.59 Å². The molecule has 0 spiro atoms. The molecule has 1 aromatic carbocycles.